The highest BCUT2D eigenvalue weighted by atomic mass is 35.5. The number of carbonyl (C=O) groups excluding carboxylic acids is 1. The molecular formula is C13H17Cl2NO. The van der Waals surface area contributed by atoms with Gasteiger partial charge in [-0.15, -0.1) is 0 Å². The summed E-state index contributed by atoms with van der Waals surface area (Å²) < 4.78 is 0. The molecule has 0 fully saturated rings. The van der Waals surface area contributed by atoms with Crippen molar-refractivity contribution in [3.63, 3.8) is 0 Å². The zero-order valence-electron chi connectivity index (χ0n) is 10.5. The summed E-state index contributed by atoms with van der Waals surface area (Å²) in [6.45, 7) is 7.88. The highest BCUT2D eigenvalue weighted by molar-refractivity contribution is 6.35. The molecule has 0 amide bonds. The first-order valence-electron chi connectivity index (χ1n) is 5.47. The first kappa shape index (κ1) is 14.5. The maximum Gasteiger partial charge on any atom is 0.179 e. The quantitative estimate of drug-likeness (QED) is 0.845. The Labute approximate surface area is 112 Å². The highest BCUT2D eigenvalue weighted by Crippen LogP contribution is 2.20. The lowest BCUT2D eigenvalue weighted by molar-refractivity contribution is 0.0936. The van der Waals surface area contributed by atoms with E-state index in [0.29, 0.717) is 15.6 Å². The monoisotopic (exact) mass is 273 g/mol. The average molecular weight is 274 g/mol. The number of halogens is 2. The fourth-order valence-electron chi connectivity index (χ4n) is 1.66. The van der Waals surface area contributed by atoms with Gasteiger partial charge in [0.05, 0.1) is 6.04 Å². The summed E-state index contributed by atoms with van der Waals surface area (Å²) in [6, 6.07) is 4.61. The van der Waals surface area contributed by atoms with E-state index in [2.05, 4.69) is 5.32 Å². The Balaban J connectivity index is 2.89. The molecule has 2 nitrogen and oxygen atoms in total. The van der Waals surface area contributed by atoms with Crippen molar-refractivity contribution in [2.24, 2.45) is 0 Å². The summed E-state index contributed by atoms with van der Waals surface area (Å²) in [5.74, 6) is -0.00988. The number of hydrogen-bond donors (Lipinski definition) is 1. The van der Waals surface area contributed by atoms with Crippen molar-refractivity contribution in [2.75, 3.05) is 0 Å². The van der Waals surface area contributed by atoms with E-state index in [1.807, 2.05) is 27.7 Å². The third kappa shape index (κ3) is 4.66. The van der Waals surface area contributed by atoms with Crippen LogP contribution in [-0.4, -0.2) is 17.4 Å². The maximum absolute atomic E-state index is 12.1. The second kappa shape index (κ2) is 5.38. The molecule has 1 N–H and O–H groups in total. The van der Waals surface area contributed by atoms with Crippen LogP contribution in [0.3, 0.4) is 0 Å². The smallest absolute Gasteiger partial charge is 0.179 e. The van der Waals surface area contributed by atoms with Gasteiger partial charge in [-0.25, -0.2) is 0 Å². The van der Waals surface area contributed by atoms with Crippen LogP contribution < -0.4 is 5.32 Å². The van der Waals surface area contributed by atoms with E-state index in [4.69, 9.17) is 23.2 Å². The van der Waals surface area contributed by atoms with Gasteiger partial charge < -0.3 is 5.32 Å². The zero-order chi connectivity index (χ0) is 13.2. The maximum atomic E-state index is 12.1. The number of ketones is 1. The predicted molar refractivity (Wildman–Crippen MR) is 73.1 cm³/mol. The zero-order valence-corrected chi connectivity index (χ0v) is 12.0. The van der Waals surface area contributed by atoms with E-state index >= 15 is 0 Å². The van der Waals surface area contributed by atoms with E-state index in [9.17, 15) is 4.79 Å². The Bertz CT molecular complexity index is 404. The molecule has 0 aliphatic rings. The number of Topliss-reactive ketones (excluding diaryl/α,β-unsaturated/α-hetero) is 1. The van der Waals surface area contributed by atoms with Gasteiger partial charge in [0, 0.05) is 21.1 Å². The van der Waals surface area contributed by atoms with E-state index in [0.717, 1.165) is 0 Å². The van der Waals surface area contributed by atoms with E-state index < -0.39 is 0 Å². The standard InChI is InChI=1S/C13H17Cl2NO/c1-8(16-13(2,3)4)12(17)9-5-10(14)7-11(15)6-9/h5-8,16H,1-4H3/t8-/m0/s1. The number of hydrogen-bond acceptors (Lipinski definition) is 2. The first-order chi connectivity index (χ1) is 7.69. The van der Waals surface area contributed by atoms with Gasteiger partial charge in [-0.3, -0.25) is 4.79 Å². The molecule has 0 saturated heterocycles. The molecule has 1 atom stereocenters. The molecule has 0 aliphatic heterocycles. The molecule has 4 heteroatoms. The fraction of sp³-hybridized carbons (Fsp3) is 0.462. The van der Waals surface area contributed by atoms with Crippen molar-refractivity contribution < 1.29 is 4.79 Å². The Morgan fingerprint density at radius 2 is 1.65 bits per heavy atom. The molecule has 1 rings (SSSR count). The number of benzene rings is 1. The molecule has 0 bridgehead atoms. The van der Waals surface area contributed by atoms with Crippen LogP contribution in [0.1, 0.15) is 38.1 Å². The highest BCUT2D eigenvalue weighted by Gasteiger charge is 2.21. The molecule has 17 heavy (non-hydrogen) atoms. The summed E-state index contributed by atoms with van der Waals surface area (Å²) in [7, 11) is 0. The van der Waals surface area contributed by atoms with Gasteiger partial charge in [0.15, 0.2) is 5.78 Å². The van der Waals surface area contributed by atoms with Crippen molar-refractivity contribution in [1.29, 1.82) is 0 Å². The second-order valence-electron chi connectivity index (χ2n) is 5.14. The average Bonchev–Trinajstić information content (AvgIpc) is 2.12. The van der Waals surface area contributed by atoms with Crippen LogP contribution in [0.5, 0.6) is 0 Å². The van der Waals surface area contributed by atoms with E-state index in [-0.39, 0.29) is 17.4 Å². The molecule has 0 unspecified atom stereocenters. The van der Waals surface area contributed by atoms with Crippen LogP contribution in [0.25, 0.3) is 0 Å². The minimum Gasteiger partial charge on any atom is -0.303 e. The van der Waals surface area contributed by atoms with E-state index in [1.54, 1.807) is 18.2 Å². The summed E-state index contributed by atoms with van der Waals surface area (Å²) >= 11 is 11.7. The van der Waals surface area contributed by atoms with E-state index in [1.165, 1.54) is 0 Å². The lowest BCUT2D eigenvalue weighted by Gasteiger charge is -2.25. The van der Waals surface area contributed by atoms with Gasteiger partial charge in [0.1, 0.15) is 0 Å². The molecular weight excluding hydrogens is 257 g/mol. The SMILES string of the molecule is C[C@H](NC(C)(C)C)C(=O)c1cc(Cl)cc(Cl)c1. The summed E-state index contributed by atoms with van der Waals surface area (Å²) in [6.07, 6.45) is 0. The van der Waals surface area contributed by atoms with Crippen molar-refractivity contribution in [2.45, 2.75) is 39.3 Å². The van der Waals surface area contributed by atoms with Crippen molar-refractivity contribution in [3.8, 4) is 0 Å². The van der Waals surface area contributed by atoms with Gasteiger partial charge in [0.2, 0.25) is 0 Å². The molecule has 1 aromatic rings. The third-order valence-electron chi connectivity index (χ3n) is 2.19. The topological polar surface area (TPSA) is 29.1 Å². The Morgan fingerprint density at radius 3 is 2.06 bits per heavy atom. The molecule has 0 spiro atoms. The fourth-order valence-corrected chi connectivity index (χ4v) is 2.19. The molecule has 94 valence electrons. The van der Waals surface area contributed by atoms with Crippen molar-refractivity contribution >= 4 is 29.0 Å². The van der Waals surface area contributed by atoms with Gasteiger partial charge in [-0.2, -0.15) is 0 Å². The summed E-state index contributed by atoms with van der Waals surface area (Å²) in [5.41, 5.74) is 0.420. The minimum absolute atomic E-state index is 0.00988. The number of rotatable bonds is 3. The minimum atomic E-state index is -0.274. The molecule has 0 aromatic heterocycles. The molecule has 0 saturated carbocycles. The molecule has 0 heterocycles. The second-order valence-corrected chi connectivity index (χ2v) is 6.01. The van der Waals surface area contributed by atoms with Gasteiger partial charge >= 0.3 is 0 Å². The van der Waals surface area contributed by atoms with Crippen molar-refractivity contribution in [1.82, 2.24) is 5.32 Å². The van der Waals surface area contributed by atoms with Gasteiger partial charge in [-0.1, -0.05) is 23.2 Å². The van der Waals surface area contributed by atoms with Crippen molar-refractivity contribution in [3.05, 3.63) is 33.8 Å². The van der Waals surface area contributed by atoms with Crippen LogP contribution in [0.4, 0.5) is 0 Å². The van der Waals surface area contributed by atoms with Crippen LogP contribution in [0.15, 0.2) is 18.2 Å². The van der Waals surface area contributed by atoms with Gasteiger partial charge in [0.25, 0.3) is 0 Å². The number of nitrogens with one attached hydrogen (secondary N) is 1. The Hall–Kier alpha value is -0.570. The normalized spacial score (nSPS) is 13.5. The van der Waals surface area contributed by atoms with Gasteiger partial charge in [-0.05, 0) is 45.9 Å². The molecule has 0 aliphatic carbocycles. The van der Waals surface area contributed by atoms with Crippen LogP contribution in [-0.2, 0) is 0 Å². The third-order valence-corrected chi connectivity index (χ3v) is 2.63. The summed E-state index contributed by atoms with van der Waals surface area (Å²) in [5, 5.41) is 4.17. The Morgan fingerprint density at radius 1 is 1.18 bits per heavy atom. The lowest BCUT2D eigenvalue weighted by Crippen LogP contribution is -2.46. The molecule has 0 radical (unpaired) electrons. The Kier molecular flexibility index (Phi) is 4.59. The molecule has 1 aromatic carbocycles. The van der Waals surface area contributed by atoms with Crippen LogP contribution in [0.2, 0.25) is 10.0 Å². The van der Waals surface area contributed by atoms with Crippen LogP contribution >= 0.6 is 23.2 Å². The lowest BCUT2D eigenvalue weighted by atomic mass is 10.0. The van der Waals surface area contributed by atoms with Crippen LogP contribution in [0, 0.1) is 0 Å². The summed E-state index contributed by atoms with van der Waals surface area (Å²) in [4.78, 5) is 12.1. The number of carbonyl (C=O) groups is 1. The largest absolute Gasteiger partial charge is 0.303 e. The predicted octanol–water partition coefficient (Wildman–Crippen LogP) is 3.95. The first-order valence-corrected chi connectivity index (χ1v) is 6.22.